The zero-order valence-electron chi connectivity index (χ0n) is 18.4. The Hall–Kier alpha value is -2.51. The van der Waals surface area contributed by atoms with Crippen LogP contribution in [0, 0.1) is 5.92 Å². The van der Waals surface area contributed by atoms with Gasteiger partial charge in [-0.1, -0.05) is 36.8 Å². The molecule has 2 aliphatic rings. The topological polar surface area (TPSA) is 74.8 Å². The average Bonchev–Trinajstić information content (AvgIpc) is 2.84. The van der Waals surface area contributed by atoms with E-state index in [9.17, 15) is 18.0 Å². The molecule has 1 atom stereocenters. The van der Waals surface area contributed by atoms with Crippen LogP contribution < -0.4 is 0 Å². The van der Waals surface area contributed by atoms with E-state index in [1.165, 1.54) is 12.1 Å². The zero-order chi connectivity index (χ0) is 22.7. The molecule has 0 aliphatic carbocycles. The van der Waals surface area contributed by atoms with Gasteiger partial charge in [-0.2, -0.15) is 4.31 Å². The lowest BCUT2D eigenvalue weighted by atomic mass is 9.88. The molecular formula is C25H30N2O4S. The second-order valence-electron chi connectivity index (χ2n) is 8.78. The molecule has 2 fully saturated rings. The van der Waals surface area contributed by atoms with Gasteiger partial charge in [-0.05, 0) is 56.9 Å². The van der Waals surface area contributed by atoms with Crippen LogP contribution in [0.15, 0.2) is 59.5 Å². The number of carbonyl (C=O) groups excluding carboxylic acids is 2. The molecule has 2 aliphatic heterocycles. The average molecular weight is 455 g/mol. The van der Waals surface area contributed by atoms with Crippen molar-refractivity contribution in [3.8, 4) is 0 Å². The molecule has 2 saturated heterocycles. The van der Waals surface area contributed by atoms with Gasteiger partial charge in [0.25, 0.3) is 5.91 Å². The van der Waals surface area contributed by atoms with E-state index in [0.717, 1.165) is 24.8 Å². The first-order valence-corrected chi connectivity index (χ1v) is 12.8. The predicted octanol–water partition coefficient (Wildman–Crippen LogP) is 3.98. The minimum absolute atomic E-state index is 0.00468. The number of benzene rings is 2. The van der Waals surface area contributed by atoms with Crippen LogP contribution in [0.1, 0.15) is 59.7 Å². The highest BCUT2D eigenvalue weighted by atomic mass is 32.2. The SMILES string of the molecule is C[C@@H]1CCCCN1S(=O)(=O)c1ccc(C(=O)N2CCC(C(=O)c3ccccc3)CC2)cc1. The number of sulfonamides is 1. The molecule has 0 radical (unpaired) electrons. The van der Waals surface area contributed by atoms with E-state index in [4.69, 9.17) is 0 Å². The fraction of sp³-hybridized carbons (Fsp3) is 0.440. The number of likely N-dealkylation sites (tertiary alicyclic amines) is 1. The highest BCUT2D eigenvalue weighted by Gasteiger charge is 2.32. The summed E-state index contributed by atoms with van der Waals surface area (Å²) in [6.45, 7) is 3.53. The van der Waals surface area contributed by atoms with Gasteiger partial charge in [0.1, 0.15) is 0 Å². The van der Waals surface area contributed by atoms with Gasteiger partial charge in [0.05, 0.1) is 4.90 Å². The molecule has 0 aromatic heterocycles. The molecule has 0 bridgehead atoms. The lowest BCUT2D eigenvalue weighted by Crippen LogP contribution is -2.42. The van der Waals surface area contributed by atoms with Crippen molar-refractivity contribution in [2.75, 3.05) is 19.6 Å². The maximum absolute atomic E-state index is 13.0. The molecular weight excluding hydrogens is 424 g/mol. The van der Waals surface area contributed by atoms with E-state index in [2.05, 4.69) is 0 Å². The Kier molecular flexibility index (Phi) is 6.76. The minimum atomic E-state index is -3.55. The summed E-state index contributed by atoms with van der Waals surface area (Å²) in [5, 5.41) is 0. The van der Waals surface area contributed by atoms with Crippen molar-refractivity contribution in [2.45, 2.75) is 50.0 Å². The van der Waals surface area contributed by atoms with E-state index in [1.807, 2.05) is 37.3 Å². The van der Waals surface area contributed by atoms with Crippen molar-refractivity contribution in [2.24, 2.45) is 5.92 Å². The van der Waals surface area contributed by atoms with Gasteiger partial charge in [0.2, 0.25) is 10.0 Å². The molecule has 2 aromatic rings. The van der Waals surface area contributed by atoms with Gasteiger partial charge in [-0.15, -0.1) is 0 Å². The van der Waals surface area contributed by atoms with Crippen LogP contribution in [0.4, 0.5) is 0 Å². The Morgan fingerprint density at radius 2 is 1.47 bits per heavy atom. The van der Waals surface area contributed by atoms with E-state index in [0.29, 0.717) is 38.0 Å². The second kappa shape index (κ2) is 9.55. The largest absolute Gasteiger partial charge is 0.339 e. The number of hydrogen-bond donors (Lipinski definition) is 0. The highest BCUT2D eigenvalue weighted by Crippen LogP contribution is 2.26. The molecule has 4 rings (SSSR count). The number of carbonyl (C=O) groups is 2. The minimum Gasteiger partial charge on any atom is -0.339 e. The van der Waals surface area contributed by atoms with Crippen LogP contribution in [0.3, 0.4) is 0 Å². The summed E-state index contributed by atoms with van der Waals surface area (Å²) < 4.78 is 27.6. The van der Waals surface area contributed by atoms with Crippen LogP contribution in [0.25, 0.3) is 0 Å². The van der Waals surface area contributed by atoms with Crippen molar-refractivity contribution < 1.29 is 18.0 Å². The smallest absolute Gasteiger partial charge is 0.253 e. The lowest BCUT2D eigenvalue weighted by Gasteiger charge is -2.32. The van der Waals surface area contributed by atoms with Crippen LogP contribution in [-0.4, -0.2) is 55.0 Å². The maximum atomic E-state index is 13.0. The molecule has 2 aromatic carbocycles. The Bertz CT molecular complexity index is 1060. The van der Waals surface area contributed by atoms with Crippen molar-refractivity contribution in [1.82, 2.24) is 9.21 Å². The number of piperidine rings is 2. The van der Waals surface area contributed by atoms with E-state index >= 15 is 0 Å². The van der Waals surface area contributed by atoms with Gasteiger partial charge in [0.15, 0.2) is 5.78 Å². The lowest BCUT2D eigenvalue weighted by molar-refractivity contribution is 0.0650. The summed E-state index contributed by atoms with van der Waals surface area (Å²) in [7, 11) is -3.55. The third kappa shape index (κ3) is 4.64. The Morgan fingerprint density at radius 1 is 0.812 bits per heavy atom. The van der Waals surface area contributed by atoms with Crippen molar-refractivity contribution in [1.29, 1.82) is 0 Å². The van der Waals surface area contributed by atoms with E-state index in [-0.39, 0.29) is 28.5 Å². The molecule has 32 heavy (non-hydrogen) atoms. The summed E-state index contributed by atoms with van der Waals surface area (Å²) in [4.78, 5) is 27.6. The Morgan fingerprint density at radius 3 is 2.09 bits per heavy atom. The molecule has 0 unspecified atom stereocenters. The summed E-state index contributed by atoms with van der Waals surface area (Å²) in [6, 6.07) is 15.6. The highest BCUT2D eigenvalue weighted by molar-refractivity contribution is 7.89. The first-order chi connectivity index (χ1) is 15.4. The summed E-state index contributed by atoms with van der Waals surface area (Å²) in [6.07, 6.45) is 4.08. The van der Waals surface area contributed by atoms with E-state index < -0.39 is 10.0 Å². The third-order valence-corrected chi connectivity index (χ3v) is 8.69. The summed E-state index contributed by atoms with van der Waals surface area (Å²) >= 11 is 0. The van der Waals surface area contributed by atoms with Gasteiger partial charge >= 0.3 is 0 Å². The molecule has 0 N–H and O–H groups in total. The second-order valence-corrected chi connectivity index (χ2v) is 10.7. The number of Topliss-reactive ketones (excluding diaryl/α,β-unsaturated/α-hetero) is 1. The number of rotatable bonds is 5. The van der Waals surface area contributed by atoms with E-state index in [1.54, 1.807) is 21.3 Å². The van der Waals surface area contributed by atoms with Crippen molar-refractivity contribution in [3.63, 3.8) is 0 Å². The van der Waals surface area contributed by atoms with Gasteiger partial charge < -0.3 is 4.90 Å². The van der Waals surface area contributed by atoms with Crippen LogP contribution in [0.5, 0.6) is 0 Å². The fourth-order valence-corrected chi connectivity index (χ4v) is 6.40. The van der Waals surface area contributed by atoms with Gasteiger partial charge in [-0.25, -0.2) is 8.42 Å². The normalized spacial score (nSPS) is 20.8. The van der Waals surface area contributed by atoms with Gasteiger partial charge in [-0.3, -0.25) is 9.59 Å². The Balaban J connectivity index is 1.39. The molecule has 0 saturated carbocycles. The molecule has 1 amide bonds. The first-order valence-electron chi connectivity index (χ1n) is 11.4. The number of amides is 1. The zero-order valence-corrected chi connectivity index (χ0v) is 19.3. The van der Waals surface area contributed by atoms with Gasteiger partial charge in [0, 0.05) is 42.7 Å². The summed E-state index contributed by atoms with van der Waals surface area (Å²) in [5.74, 6) is -0.0504. The standard InChI is InChI=1S/C25H30N2O4S/c1-19-7-5-6-16-27(19)32(30,31)23-12-10-22(11-13-23)25(29)26-17-14-21(15-18-26)24(28)20-8-3-2-4-9-20/h2-4,8-13,19,21H,5-7,14-18H2,1H3/t19-/m1/s1. The third-order valence-electron chi connectivity index (χ3n) is 6.66. The van der Waals surface area contributed by atoms with Crippen LogP contribution in [-0.2, 0) is 10.0 Å². The quantitative estimate of drug-likeness (QED) is 0.641. The molecule has 170 valence electrons. The molecule has 2 heterocycles. The van der Waals surface area contributed by atoms with Crippen LogP contribution in [0.2, 0.25) is 0 Å². The first kappa shape index (κ1) is 22.7. The Labute approximate surface area is 190 Å². The molecule has 7 heteroatoms. The van der Waals surface area contributed by atoms with Crippen molar-refractivity contribution >= 4 is 21.7 Å². The molecule has 0 spiro atoms. The molecule has 6 nitrogen and oxygen atoms in total. The monoisotopic (exact) mass is 454 g/mol. The van der Waals surface area contributed by atoms with Crippen LogP contribution >= 0.6 is 0 Å². The fourth-order valence-electron chi connectivity index (χ4n) is 4.70. The maximum Gasteiger partial charge on any atom is 0.253 e. The predicted molar refractivity (Wildman–Crippen MR) is 123 cm³/mol. The number of hydrogen-bond acceptors (Lipinski definition) is 4. The number of nitrogens with zero attached hydrogens (tertiary/aromatic N) is 2. The van der Waals surface area contributed by atoms with Crippen molar-refractivity contribution in [3.05, 3.63) is 65.7 Å². The number of ketones is 1. The summed E-state index contributed by atoms with van der Waals surface area (Å²) in [5.41, 5.74) is 1.19.